The summed E-state index contributed by atoms with van der Waals surface area (Å²) < 4.78 is 25.4. The van der Waals surface area contributed by atoms with Gasteiger partial charge in [-0.1, -0.05) is 36.4 Å². The number of furan rings is 1. The molecule has 1 amide bonds. The van der Waals surface area contributed by atoms with Gasteiger partial charge in [0, 0.05) is 41.2 Å². The molecule has 0 N–H and O–H groups in total. The van der Waals surface area contributed by atoms with Crippen molar-refractivity contribution in [1.29, 1.82) is 0 Å². The van der Waals surface area contributed by atoms with E-state index in [1.54, 1.807) is 24.5 Å². The van der Waals surface area contributed by atoms with Crippen molar-refractivity contribution in [3.63, 3.8) is 0 Å². The number of amides is 1. The Hall–Kier alpha value is -3.86. The van der Waals surface area contributed by atoms with E-state index < -0.39 is 0 Å². The third kappa shape index (κ3) is 4.34. The molecule has 178 valence electrons. The third-order valence-corrected chi connectivity index (χ3v) is 6.69. The minimum Gasteiger partial charge on any atom is -0.493 e. The zero-order valence-corrected chi connectivity index (χ0v) is 20.2. The molecule has 0 unspecified atom stereocenters. The molecule has 0 atom stereocenters. The van der Waals surface area contributed by atoms with Crippen LogP contribution in [0.4, 0.5) is 4.39 Å². The summed E-state index contributed by atoms with van der Waals surface area (Å²) in [5.41, 5.74) is 7.53. The average molecular weight is 470 g/mol. The smallest absolute Gasteiger partial charge is 0.247 e. The van der Waals surface area contributed by atoms with Gasteiger partial charge in [-0.05, 0) is 67.7 Å². The van der Waals surface area contributed by atoms with Gasteiger partial charge in [-0.3, -0.25) is 4.79 Å². The summed E-state index contributed by atoms with van der Waals surface area (Å²) in [6.45, 7) is 7.66. The van der Waals surface area contributed by atoms with Crippen LogP contribution in [-0.2, 0) is 17.8 Å². The van der Waals surface area contributed by atoms with Gasteiger partial charge in [-0.2, -0.15) is 0 Å². The first-order valence-electron chi connectivity index (χ1n) is 11.9. The Labute approximate surface area is 204 Å². The summed E-state index contributed by atoms with van der Waals surface area (Å²) in [5.74, 6) is 0.420. The fraction of sp³-hybridized carbons (Fsp3) is 0.233. The summed E-state index contributed by atoms with van der Waals surface area (Å²) in [5, 5.41) is 0.902. The van der Waals surface area contributed by atoms with Crippen molar-refractivity contribution < 1.29 is 18.3 Å². The molecule has 0 saturated heterocycles. The summed E-state index contributed by atoms with van der Waals surface area (Å²) in [7, 11) is 0. The number of nitrogens with zero attached hydrogens (tertiary/aromatic N) is 1. The number of halogens is 1. The van der Waals surface area contributed by atoms with Crippen LogP contribution in [0.2, 0.25) is 0 Å². The maximum atomic E-state index is 13.5. The van der Waals surface area contributed by atoms with Gasteiger partial charge in [0.15, 0.2) is 0 Å². The minimum atomic E-state index is -0.283. The van der Waals surface area contributed by atoms with E-state index in [9.17, 15) is 9.18 Å². The van der Waals surface area contributed by atoms with Crippen molar-refractivity contribution in [3.05, 3.63) is 95.0 Å². The second-order valence-corrected chi connectivity index (χ2v) is 8.95. The van der Waals surface area contributed by atoms with Crippen LogP contribution in [0.3, 0.4) is 0 Å². The number of fused-ring (bicyclic) bond motifs is 2. The number of ether oxygens (including phenoxy) is 1. The lowest BCUT2D eigenvalue weighted by molar-refractivity contribution is -0.126. The summed E-state index contributed by atoms with van der Waals surface area (Å²) >= 11 is 0. The number of carbonyl (C=O) groups excluding carboxylic acids is 1. The Morgan fingerprint density at radius 3 is 2.63 bits per heavy atom. The van der Waals surface area contributed by atoms with Crippen LogP contribution in [0, 0.1) is 12.7 Å². The highest BCUT2D eigenvalue weighted by Gasteiger charge is 2.22. The first kappa shape index (κ1) is 22.9. The Morgan fingerprint density at radius 1 is 1.14 bits per heavy atom. The Balaban J connectivity index is 1.54. The molecule has 0 aliphatic carbocycles. The molecule has 5 heteroatoms. The fourth-order valence-electron chi connectivity index (χ4n) is 4.83. The van der Waals surface area contributed by atoms with Gasteiger partial charge >= 0.3 is 0 Å². The highest BCUT2D eigenvalue weighted by molar-refractivity contribution is 6.01. The maximum absolute atomic E-state index is 13.5. The van der Waals surface area contributed by atoms with Crippen molar-refractivity contribution in [1.82, 2.24) is 4.90 Å². The fourth-order valence-corrected chi connectivity index (χ4v) is 4.83. The molecular weight excluding hydrogens is 441 g/mol. The lowest BCUT2D eigenvalue weighted by Gasteiger charge is -2.28. The van der Waals surface area contributed by atoms with E-state index in [4.69, 9.17) is 9.15 Å². The van der Waals surface area contributed by atoms with Crippen molar-refractivity contribution in [2.75, 3.05) is 13.2 Å². The summed E-state index contributed by atoms with van der Waals surface area (Å²) in [6.07, 6.45) is 4.26. The Kier molecular flexibility index (Phi) is 6.16. The molecule has 1 aliphatic heterocycles. The van der Waals surface area contributed by atoms with Gasteiger partial charge in [-0.15, -0.1) is 0 Å². The lowest BCUT2D eigenvalue weighted by Crippen LogP contribution is -2.34. The topological polar surface area (TPSA) is 42.7 Å². The van der Waals surface area contributed by atoms with Crippen molar-refractivity contribution >= 4 is 22.4 Å². The Morgan fingerprint density at radius 2 is 1.89 bits per heavy atom. The van der Waals surface area contributed by atoms with Crippen molar-refractivity contribution in [2.45, 2.75) is 33.7 Å². The molecule has 2 heterocycles. The van der Waals surface area contributed by atoms with E-state index in [2.05, 4.69) is 12.1 Å². The van der Waals surface area contributed by atoms with Crippen LogP contribution in [0.25, 0.3) is 27.7 Å². The van der Waals surface area contributed by atoms with E-state index in [0.29, 0.717) is 25.4 Å². The van der Waals surface area contributed by atoms with Gasteiger partial charge in [0.25, 0.3) is 0 Å². The number of hydrogen-bond donors (Lipinski definition) is 0. The van der Waals surface area contributed by atoms with Gasteiger partial charge < -0.3 is 14.1 Å². The van der Waals surface area contributed by atoms with Gasteiger partial charge in [0.1, 0.15) is 17.1 Å². The van der Waals surface area contributed by atoms with Crippen LogP contribution >= 0.6 is 0 Å². The monoisotopic (exact) mass is 469 g/mol. The van der Waals surface area contributed by atoms with Crippen LogP contribution in [0.5, 0.6) is 5.75 Å². The zero-order chi connectivity index (χ0) is 24.5. The van der Waals surface area contributed by atoms with E-state index in [-0.39, 0.29) is 11.7 Å². The molecule has 3 aromatic carbocycles. The molecule has 4 aromatic rings. The van der Waals surface area contributed by atoms with E-state index in [1.807, 2.05) is 43.9 Å². The van der Waals surface area contributed by atoms with Crippen molar-refractivity contribution in [3.8, 4) is 16.9 Å². The highest BCUT2D eigenvalue weighted by Crippen LogP contribution is 2.41. The van der Waals surface area contributed by atoms with Gasteiger partial charge in [0.2, 0.25) is 5.91 Å². The second-order valence-electron chi connectivity index (χ2n) is 8.95. The molecular formula is C30H28FNO3. The molecule has 1 aliphatic rings. The normalized spacial score (nSPS) is 13.7. The number of aryl methyl sites for hydroxylation is 1. The molecule has 0 bridgehead atoms. The standard InChI is InChI=1S/C30H28FNO3/c1-4-34-29-20(3)30-26(27(18-35-30)22-9-11-24(31)12-10-22)16-25(29)19(2)15-28(33)32-14-13-21-7-5-6-8-23(21)17-32/h5-12,15-16,18H,4,13-14,17H2,1-3H3/b19-15+. The number of hydrogen-bond acceptors (Lipinski definition) is 3. The molecule has 4 nitrogen and oxygen atoms in total. The van der Waals surface area contributed by atoms with E-state index in [0.717, 1.165) is 45.2 Å². The first-order valence-corrected chi connectivity index (χ1v) is 11.9. The van der Waals surface area contributed by atoms with Crippen LogP contribution in [0.1, 0.15) is 36.1 Å². The lowest BCUT2D eigenvalue weighted by atomic mass is 9.96. The molecule has 0 spiro atoms. The molecule has 0 saturated carbocycles. The van der Waals surface area contributed by atoms with E-state index in [1.165, 1.54) is 23.3 Å². The van der Waals surface area contributed by atoms with Crippen LogP contribution < -0.4 is 4.74 Å². The summed E-state index contributed by atoms with van der Waals surface area (Å²) in [4.78, 5) is 15.1. The molecule has 0 radical (unpaired) electrons. The van der Waals surface area contributed by atoms with Crippen LogP contribution in [0.15, 0.2) is 71.4 Å². The van der Waals surface area contributed by atoms with Crippen molar-refractivity contribution in [2.24, 2.45) is 0 Å². The number of rotatable bonds is 5. The predicted octanol–water partition coefficient (Wildman–Crippen LogP) is 6.93. The maximum Gasteiger partial charge on any atom is 0.247 e. The molecule has 35 heavy (non-hydrogen) atoms. The number of allylic oxidation sites excluding steroid dienone is 1. The Bertz CT molecular complexity index is 1430. The number of carbonyl (C=O) groups is 1. The minimum absolute atomic E-state index is 0.0110. The number of benzene rings is 3. The first-order chi connectivity index (χ1) is 17.0. The third-order valence-electron chi connectivity index (χ3n) is 6.69. The molecule has 1 aromatic heterocycles. The van der Waals surface area contributed by atoms with Gasteiger partial charge in [-0.25, -0.2) is 4.39 Å². The largest absolute Gasteiger partial charge is 0.493 e. The molecule has 5 rings (SSSR count). The SMILES string of the molecule is CCOc1c(/C(C)=C/C(=O)N2CCc3ccccc3C2)cc2c(-c3ccc(F)cc3)coc2c1C. The quantitative estimate of drug-likeness (QED) is 0.298. The second kappa shape index (κ2) is 9.41. The summed E-state index contributed by atoms with van der Waals surface area (Å²) in [6, 6.07) is 16.7. The van der Waals surface area contributed by atoms with Crippen LogP contribution in [-0.4, -0.2) is 24.0 Å². The van der Waals surface area contributed by atoms with E-state index >= 15 is 0 Å². The van der Waals surface area contributed by atoms with Gasteiger partial charge in [0.05, 0.1) is 12.9 Å². The average Bonchev–Trinajstić information content (AvgIpc) is 3.30. The highest BCUT2D eigenvalue weighted by atomic mass is 19.1. The predicted molar refractivity (Wildman–Crippen MR) is 137 cm³/mol. The molecule has 0 fully saturated rings. The zero-order valence-electron chi connectivity index (χ0n) is 20.2.